The molecule has 5 heteroatoms. The van der Waals surface area contributed by atoms with Crippen molar-refractivity contribution in [2.75, 3.05) is 6.54 Å². The molecule has 0 spiro atoms. The molecule has 0 fully saturated rings. The second kappa shape index (κ2) is 8.18. The summed E-state index contributed by atoms with van der Waals surface area (Å²) in [6.07, 6.45) is 0. The van der Waals surface area contributed by atoms with Crippen LogP contribution < -0.4 is 10.1 Å². The molecular formula is C16H16Br2ClNO. The van der Waals surface area contributed by atoms with Gasteiger partial charge < -0.3 is 10.1 Å². The average molecular weight is 434 g/mol. The zero-order valence-corrected chi connectivity index (χ0v) is 15.6. The van der Waals surface area contributed by atoms with Crippen LogP contribution in [-0.2, 0) is 13.2 Å². The number of rotatable bonds is 6. The van der Waals surface area contributed by atoms with E-state index in [2.05, 4.69) is 56.2 Å². The van der Waals surface area contributed by atoms with Gasteiger partial charge in [0.2, 0.25) is 0 Å². The minimum Gasteiger partial charge on any atom is -0.487 e. The van der Waals surface area contributed by atoms with Gasteiger partial charge in [-0.05, 0) is 73.8 Å². The maximum Gasteiger partial charge on any atom is 0.148 e. The van der Waals surface area contributed by atoms with Crippen LogP contribution in [-0.4, -0.2) is 6.54 Å². The number of nitrogens with one attached hydrogen (secondary N) is 1. The van der Waals surface area contributed by atoms with Gasteiger partial charge in [-0.2, -0.15) is 0 Å². The number of hydrogen-bond acceptors (Lipinski definition) is 2. The van der Waals surface area contributed by atoms with Crippen molar-refractivity contribution in [1.82, 2.24) is 5.32 Å². The lowest BCUT2D eigenvalue weighted by atomic mass is 10.2. The monoisotopic (exact) mass is 431 g/mol. The SMILES string of the molecule is CCNCc1cc(Br)c(OCc2cccc(Cl)c2)c(Br)c1. The third-order valence-electron chi connectivity index (χ3n) is 2.91. The third kappa shape index (κ3) is 4.99. The zero-order chi connectivity index (χ0) is 15.2. The Hall–Kier alpha value is -0.550. The molecule has 112 valence electrons. The molecule has 2 nitrogen and oxygen atoms in total. The van der Waals surface area contributed by atoms with E-state index in [-0.39, 0.29) is 0 Å². The molecule has 0 bridgehead atoms. The molecule has 0 saturated carbocycles. The van der Waals surface area contributed by atoms with Crippen molar-refractivity contribution in [2.24, 2.45) is 0 Å². The predicted molar refractivity (Wildman–Crippen MR) is 95.0 cm³/mol. The van der Waals surface area contributed by atoms with Crippen LogP contribution in [0.5, 0.6) is 5.75 Å². The van der Waals surface area contributed by atoms with E-state index in [1.807, 2.05) is 24.3 Å². The van der Waals surface area contributed by atoms with Crippen molar-refractivity contribution in [3.63, 3.8) is 0 Å². The number of halogens is 3. The normalized spacial score (nSPS) is 10.7. The fourth-order valence-electron chi connectivity index (χ4n) is 1.90. The van der Waals surface area contributed by atoms with E-state index in [4.69, 9.17) is 16.3 Å². The predicted octanol–water partition coefficient (Wildman–Crippen LogP) is 5.55. The van der Waals surface area contributed by atoms with Crippen LogP contribution >= 0.6 is 43.5 Å². The molecule has 1 N–H and O–H groups in total. The standard InChI is InChI=1S/C16H16Br2ClNO/c1-2-20-9-12-7-14(17)16(15(18)8-12)21-10-11-4-3-5-13(19)6-11/h3-8,20H,2,9-10H2,1H3. The van der Waals surface area contributed by atoms with Gasteiger partial charge in [0, 0.05) is 11.6 Å². The van der Waals surface area contributed by atoms with Crippen molar-refractivity contribution in [2.45, 2.75) is 20.1 Å². The van der Waals surface area contributed by atoms with Gasteiger partial charge in [-0.1, -0.05) is 30.7 Å². The molecule has 21 heavy (non-hydrogen) atoms. The van der Waals surface area contributed by atoms with Crippen molar-refractivity contribution >= 4 is 43.5 Å². The van der Waals surface area contributed by atoms with Gasteiger partial charge in [-0.25, -0.2) is 0 Å². The molecule has 0 aliphatic rings. The fraction of sp³-hybridized carbons (Fsp3) is 0.250. The summed E-state index contributed by atoms with van der Waals surface area (Å²) in [6, 6.07) is 11.8. The summed E-state index contributed by atoms with van der Waals surface area (Å²) in [7, 11) is 0. The first-order valence-electron chi connectivity index (χ1n) is 6.66. The molecule has 2 rings (SSSR count). The van der Waals surface area contributed by atoms with Gasteiger partial charge in [0.25, 0.3) is 0 Å². The average Bonchev–Trinajstić information content (AvgIpc) is 2.44. The van der Waals surface area contributed by atoms with E-state index >= 15 is 0 Å². The zero-order valence-electron chi connectivity index (χ0n) is 11.6. The van der Waals surface area contributed by atoms with E-state index in [0.29, 0.717) is 6.61 Å². The van der Waals surface area contributed by atoms with E-state index < -0.39 is 0 Å². The summed E-state index contributed by atoms with van der Waals surface area (Å²) < 4.78 is 7.77. The van der Waals surface area contributed by atoms with Crippen LogP contribution in [0, 0.1) is 0 Å². The highest BCUT2D eigenvalue weighted by atomic mass is 79.9. The molecule has 0 heterocycles. The van der Waals surface area contributed by atoms with Crippen molar-refractivity contribution in [3.8, 4) is 5.75 Å². The Labute approximate surface area is 147 Å². The first-order chi connectivity index (χ1) is 10.1. The highest BCUT2D eigenvalue weighted by molar-refractivity contribution is 9.11. The van der Waals surface area contributed by atoms with E-state index in [0.717, 1.165) is 38.4 Å². The maximum atomic E-state index is 5.98. The Bertz CT molecular complexity index is 596. The Morgan fingerprint density at radius 1 is 1.10 bits per heavy atom. The topological polar surface area (TPSA) is 21.3 Å². The molecule has 2 aromatic carbocycles. The molecule has 0 aliphatic heterocycles. The quantitative estimate of drug-likeness (QED) is 0.645. The van der Waals surface area contributed by atoms with Gasteiger partial charge in [-0.3, -0.25) is 0 Å². The molecule has 0 amide bonds. The van der Waals surface area contributed by atoms with Crippen molar-refractivity contribution in [3.05, 3.63) is 61.5 Å². The van der Waals surface area contributed by atoms with Crippen molar-refractivity contribution < 1.29 is 4.74 Å². The third-order valence-corrected chi connectivity index (χ3v) is 4.32. The summed E-state index contributed by atoms with van der Waals surface area (Å²) in [5, 5.41) is 4.02. The van der Waals surface area contributed by atoms with Crippen LogP contribution in [0.4, 0.5) is 0 Å². The molecular weight excluding hydrogens is 417 g/mol. The molecule has 0 aromatic heterocycles. The summed E-state index contributed by atoms with van der Waals surface area (Å²) in [6.45, 7) is 4.35. The highest BCUT2D eigenvalue weighted by Crippen LogP contribution is 2.35. The Kier molecular flexibility index (Phi) is 6.55. The lowest BCUT2D eigenvalue weighted by Gasteiger charge is -2.13. The summed E-state index contributed by atoms with van der Waals surface area (Å²) >= 11 is 13.1. The van der Waals surface area contributed by atoms with Gasteiger partial charge in [0.1, 0.15) is 12.4 Å². The van der Waals surface area contributed by atoms with Crippen molar-refractivity contribution in [1.29, 1.82) is 0 Å². The molecule has 0 radical (unpaired) electrons. The number of hydrogen-bond donors (Lipinski definition) is 1. The van der Waals surface area contributed by atoms with Crippen LogP contribution in [0.25, 0.3) is 0 Å². The molecule has 0 aliphatic carbocycles. The van der Waals surface area contributed by atoms with E-state index in [1.54, 1.807) is 0 Å². The van der Waals surface area contributed by atoms with E-state index in [9.17, 15) is 0 Å². The van der Waals surface area contributed by atoms with Gasteiger partial charge >= 0.3 is 0 Å². The largest absolute Gasteiger partial charge is 0.487 e. The minimum atomic E-state index is 0.477. The smallest absolute Gasteiger partial charge is 0.148 e. The highest BCUT2D eigenvalue weighted by Gasteiger charge is 2.09. The maximum absolute atomic E-state index is 5.98. The van der Waals surface area contributed by atoms with E-state index in [1.165, 1.54) is 5.56 Å². The van der Waals surface area contributed by atoms with Gasteiger partial charge in [0.15, 0.2) is 0 Å². The van der Waals surface area contributed by atoms with Gasteiger partial charge in [-0.15, -0.1) is 0 Å². The lowest BCUT2D eigenvalue weighted by molar-refractivity contribution is 0.302. The molecule has 2 aromatic rings. The molecule has 0 saturated heterocycles. The summed E-state index contributed by atoms with van der Waals surface area (Å²) in [5.41, 5.74) is 2.24. The number of benzene rings is 2. The summed E-state index contributed by atoms with van der Waals surface area (Å²) in [5.74, 6) is 0.801. The fourth-order valence-corrected chi connectivity index (χ4v) is 3.63. The number of ether oxygens (including phenoxy) is 1. The Morgan fingerprint density at radius 2 is 1.81 bits per heavy atom. The van der Waals surface area contributed by atoms with Crippen LogP contribution in [0.3, 0.4) is 0 Å². The molecule has 0 atom stereocenters. The first kappa shape index (κ1) is 16.8. The Balaban J connectivity index is 2.09. The Morgan fingerprint density at radius 3 is 2.43 bits per heavy atom. The van der Waals surface area contributed by atoms with Crippen LogP contribution in [0.2, 0.25) is 5.02 Å². The lowest BCUT2D eigenvalue weighted by Crippen LogP contribution is -2.11. The minimum absolute atomic E-state index is 0.477. The molecule has 0 unspecified atom stereocenters. The second-order valence-electron chi connectivity index (χ2n) is 4.59. The van der Waals surface area contributed by atoms with Crippen LogP contribution in [0.1, 0.15) is 18.1 Å². The van der Waals surface area contributed by atoms with Gasteiger partial charge in [0.05, 0.1) is 8.95 Å². The van der Waals surface area contributed by atoms with Crippen LogP contribution in [0.15, 0.2) is 45.3 Å². The second-order valence-corrected chi connectivity index (χ2v) is 6.73. The first-order valence-corrected chi connectivity index (χ1v) is 8.62. The summed E-state index contributed by atoms with van der Waals surface area (Å²) in [4.78, 5) is 0.